The Kier molecular flexibility index (Phi) is 2.96. The van der Waals surface area contributed by atoms with Gasteiger partial charge in [-0.05, 0) is 24.4 Å². The smallest absolute Gasteiger partial charge is 0.226 e. The second-order valence-electron chi connectivity index (χ2n) is 4.12. The second kappa shape index (κ2) is 4.25. The lowest BCUT2D eigenvalue weighted by Gasteiger charge is -2.18. The van der Waals surface area contributed by atoms with Gasteiger partial charge in [0.25, 0.3) is 0 Å². The molecule has 86 valence electrons. The summed E-state index contributed by atoms with van der Waals surface area (Å²) in [5.41, 5.74) is 1.37. The van der Waals surface area contributed by atoms with Crippen LogP contribution < -0.4 is 5.32 Å². The Morgan fingerprint density at radius 3 is 2.75 bits per heavy atom. The Morgan fingerprint density at radius 2 is 2.06 bits per heavy atom. The van der Waals surface area contributed by atoms with Gasteiger partial charge in [-0.3, -0.25) is 0 Å². The molecule has 0 aliphatic carbocycles. The van der Waals surface area contributed by atoms with Crippen LogP contribution in [0.3, 0.4) is 0 Å². The third-order valence-electron chi connectivity index (χ3n) is 2.62. The number of aromatic amines is 1. The van der Waals surface area contributed by atoms with E-state index in [1.165, 1.54) is 0 Å². The number of nitrogens with zero attached hydrogens (tertiary/aromatic N) is 3. The average molecular weight is 240 g/mol. The molecule has 0 bridgehead atoms. The molecule has 2 rings (SSSR count). The normalized spacial score (nSPS) is 13.3. The summed E-state index contributed by atoms with van der Waals surface area (Å²) in [5, 5.41) is 3.51. The first-order chi connectivity index (χ1) is 7.58. The zero-order chi connectivity index (χ0) is 11.7. The largest absolute Gasteiger partial charge is 0.365 e. The molecule has 0 fully saturated rings. The molecule has 0 saturated carbocycles. The van der Waals surface area contributed by atoms with Gasteiger partial charge in [-0.2, -0.15) is 9.97 Å². The van der Waals surface area contributed by atoms with Gasteiger partial charge in [-0.1, -0.05) is 13.8 Å². The van der Waals surface area contributed by atoms with E-state index in [1.54, 1.807) is 6.33 Å². The van der Waals surface area contributed by atoms with E-state index in [-0.39, 0.29) is 5.28 Å². The first-order valence-corrected chi connectivity index (χ1v) is 5.59. The molecule has 0 aliphatic rings. The highest BCUT2D eigenvalue weighted by atomic mass is 35.5. The average Bonchev–Trinajstić information content (AvgIpc) is 2.65. The summed E-state index contributed by atoms with van der Waals surface area (Å²) in [7, 11) is 0. The Hall–Kier alpha value is -1.36. The highest BCUT2D eigenvalue weighted by molar-refractivity contribution is 6.28. The van der Waals surface area contributed by atoms with Crippen molar-refractivity contribution in [2.75, 3.05) is 5.32 Å². The van der Waals surface area contributed by atoms with Crippen LogP contribution in [0.2, 0.25) is 5.28 Å². The summed E-state index contributed by atoms with van der Waals surface area (Å²) >= 11 is 5.83. The molecule has 0 saturated heterocycles. The van der Waals surface area contributed by atoms with Crippen LogP contribution in [0.25, 0.3) is 11.2 Å². The molecule has 0 spiro atoms. The minimum Gasteiger partial charge on any atom is -0.365 e. The van der Waals surface area contributed by atoms with Crippen molar-refractivity contribution in [3.05, 3.63) is 11.6 Å². The van der Waals surface area contributed by atoms with Gasteiger partial charge in [0.2, 0.25) is 5.28 Å². The van der Waals surface area contributed by atoms with Gasteiger partial charge < -0.3 is 10.3 Å². The number of fused-ring (bicyclic) bond motifs is 1. The molecule has 6 heteroatoms. The van der Waals surface area contributed by atoms with E-state index in [4.69, 9.17) is 11.6 Å². The molecule has 1 atom stereocenters. The summed E-state index contributed by atoms with van der Waals surface area (Å²) in [6, 6.07) is 0.297. The van der Waals surface area contributed by atoms with Crippen LogP contribution in [0.15, 0.2) is 6.33 Å². The summed E-state index contributed by atoms with van der Waals surface area (Å²) in [6.07, 6.45) is 1.58. The fourth-order valence-corrected chi connectivity index (χ4v) is 1.46. The third kappa shape index (κ3) is 2.09. The molecule has 2 heterocycles. The summed E-state index contributed by atoms with van der Waals surface area (Å²) < 4.78 is 0. The summed E-state index contributed by atoms with van der Waals surface area (Å²) in [6.45, 7) is 6.38. The van der Waals surface area contributed by atoms with Crippen molar-refractivity contribution in [2.45, 2.75) is 26.8 Å². The minimum atomic E-state index is 0.218. The van der Waals surface area contributed by atoms with Gasteiger partial charge in [0.05, 0.1) is 6.33 Å². The SMILES string of the molecule is CC(C)[C@H](C)Nc1nc(Cl)nc2[nH]cnc12. The standard InChI is InChI=1S/C10H14ClN5/c1-5(2)6(3)14-9-7-8(13-4-12-7)15-10(11)16-9/h4-6H,1-3H3,(H2,12,13,14,15,16)/t6-/m0/s1. The molecule has 0 amide bonds. The zero-order valence-electron chi connectivity index (χ0n) is 9.45. The van der Waals surface area contributed by atoms with E-state index in [0.29, 0.717) is 23.4 Å². The number of nitrogens with one attached hydrogen (secondary N) is 2. The monoisotopic (exact) mass is 239 g/mol. The van der Waals surface area contributed by atoms with Crippen LogP contribution in [-0.4, -0.2) is 26.0 Å². The van der Waals surface area contributed by atoms with Gasteiger partial charge in [-0.15, -0.1) is 0 Å². The highest BCUT2D eigenvalue weighted by Gasteiger charge is 2.13. The molecular weight excluding hydrogens is 226 g/mol. The first-order valence-electron chi connectivity index (χ1n) is 5.21. The number of H-pyrrole nitrogens is 1. The predicted octanol–water partition coefficient (Wildman–Crippen LogP) is 2.46. The maximum atomic E-state index is 5.83. The maximum Gasteiger partial charge on any atom is 0.226 e. The van der Waals surface area contributed by atoms with E-state index in [0.717, 1.165) is 5.52 Å². The quantitative estimate of drug-likeness (QED) is 0.808. The highest BCUT2D eigenvalue weighted by Crippen LogP contribution is 2.20. The zero-order valence-corrected chi connectivity index (χ0v) is 10.2. The molecule has 2 aromatic rings. The Labute approximate surface area is 98.7 Å². The number of halogens is 1. The van der Waals surface area contributed by atoms with E-state index in [2.05, 4.69) is 46.0 Å². The van der Waals surface area contributed by atoms with E-state index in [1.807, 2.05) is 0 Å². The molecular formula is C10H14ClN5. The first kappa shape index (κ1) is 11.1. The molecule has 2 N–H and O–H groups in total. The summed E-state index contributed by atoms with van der Waals surface area (Å²) in [4.78, 5) is 15.3. The topological polar surface area (TPSA) is 66.5 Å². The summed E-state index contributed by atoms with van der Waals surface area (Å²) in [5.74, 6) is 1.18. The fraction of sp³-hybridized carbons (Fsp3) is 0.500. The number of anilines is 1. The van der Waals surface area contributed by atoms with Crippen molar-refractivity contribution in [3.8, 4) is 0 Å². The van der Waals surface area contributed by atoms with Crippen LogP contribution in [0.5, 0.6) is 0 Å². The Morgan fingerprint density at radius 1 is 1.31 bits per heavy atom. The molecule has 0 aromatic carbocycles. The molecule has 2 aromatic heterocycles. The lowest BCUT2D eigenvalue weighted by Crippen LogP contribution is -2.22. The second-order valence-corrected chi connectivity index (χ2v) is 4.46. The predicted molar refractivity (Wildman–Crippen MR) is 64.6 cm³/mol. The van der Waals surface area contributed by atoms with E-state index >= 15 is 0 Å². The van der Waals surface area contributed by atoms with Crippen molar-refractivity contribution >= 4 is 28.6 Å². The molecule has 16 heavy (non-hydrogen) atoms. The van der Waals surface area contributed by atoms with Gasteiger partial charge in [-0.25, -0.2) is 4.98 Å². The third-order valence-corrected chi connectivity index (χ3v) is 2.79. The van der Waals surface area contributed by atoms with Crippen molar-refractivity contribution in [3.63, 3.8) is 0 Å². The van der Waals surface area contributed by atoms with Crippen molar-refractivity contribution < 1.29 is 0 Å². The van der Waals surface area contributed by atoms with Crippen LogP contribution in [0, 0.1) is 5.92 Å². The fourth-order valence-electron chi connectivity index (χ4n) is 1.29. The molecule has 0 aliphatic heterocycles. The Bertz CT molecular complexity index is 493. The lowest BCUT2D eigenvalue weighted by atomic mass is 10.1. The van der Waals surface area contributed by atoms with Crippen LogP contribution >= 0.6 is 11.6 Å². The minimum absolute atomic E-state index is 0.218. The van der Waals surface area contributed by atoms with Crippen molar-refractivity contribution in [1.29, 1.82) is 0 Å². The lowest BCUT2D eigenvalue weighted by molar-refractivity contribution is 0.558. The van der Waals surface area contributed by atoms with Gasteiger partial charge >= 0.3 is 0 Å². The van der Waals surface area contributed by atoms with Crippen molar-refractivity contribution in [2.24, 2.45) is 5.92 Å². The number of hydrogen-bond acceptors (Lipinski definition) is 4. The number of imidazole rings is 1. The Balaban J connectivity index is 2.39. The number of hydrogen-bond donors (Lipinski definition) is 2. The number of rotatable bonds is 3. The van der Waals surface area contributed by atoms with E-state index in [9.17, 15) is 0 Å². The van der Waals surface area contributed by atoms with Crippen LogP contribution in [0.1, 0.15) is 20.8 Å². The van der Waals surface area contributed by atoms with Crippen LogP contribution in [0.4, 0.5) is 5.82 Å². The molecule has 0 radical (unpaired) electrons. The molecule has 5 nitrogen and oxygen atoms in total. The maximum absolute atomic E-state index is 5.83. The van der Waals surface area contributed by atoms with Gasteiger partial charge in [0, 0.05) is 6.04 Å². The van der Waals surface area contributed by atoms with Gasteiger partial charge in [0.1, 0.15) is 5.52 Å². The molecule has 0 unspecified atom stereocenters. The van der Waals surface area contributed by atoms with Crippen LogP contribution in [-0.2, 0) is 0 Å². The number of aromatic nitrogens is 4. The van der Waals surface area contributed by atoms with Gasteiger partial charge in [0.15, 0.2) is 11.5 Å². The van der Waals surface area contributed by atoms with E-state index < -0.39 is 0 Å². The van der Waals surface area contributed by atoms with Crippen molar-refractivity contribution in [1.82, 2.24) is 19.9 Å².